The summed E-state index contributed by atoms with van der Waals surface area (Å²) in [5, 5.41) is 4.95. The Hall–Kier alpha value is -1.60. The Balaban J connectivity index is 2.75. The van der Waals surface area contributed by atoms with Crippen LogP contribution in [0.15, 0.2) is 18.2 Å². The number of nitrogens with two attached hydrogens (primary N) is 1. The average molecular weight is 299 g/mol. The van der Waals surface area contributed by atoms with E-state index in [1.165, 1.54) is 25.1 Å². The molecule has 5 nitrogen and oxygen atoms in total. The Morgan fingerprint density at radius 1 is 1.40 bits per heavy atom. The van der Waals surface area contributed by atoms with E-state index in [4.69, 9.17) is 5.73 Å². The van der Waals surface area contributed by atoms with Crippen molar-refractivity contribution < 1.29 is 14.0 Å². The summed E-state index contributed by atoms with van der Waals surface area (Å²) in [4.78, 5) is 22.7. The van der Waals surface area contributed by atoms with Gasteiger partial charge in [0.05, 0.1) is 11.7 Å². The van der Waals surface area contributed by atoms with E-state index in [1.807, 2.05) is 6.26 Å². The molecule has 0 aliphatic heterocycles. The number of benzene rings is 1. The molecule has 0 saturated carbocycles. The second-order valence-corrected chi connectivity index (χ2v) is 5.24. The van der Waals surface area contributed by atoms with Gasteiger partial charge >= 0.3 is 0 Å². The van der Waals surface area contributed by atoms with Crippen LogP contribution >= 0.6 is 11.8 Å². The predicted octanol–water partition coefficient (Wildman–Crippen LogP) is 1.80. The van der Waals surface area contributed by atoms with Crippen molar-refractivity contribution in [1.29, 1.82) is 0 Å². The summed E-state index contributed by atoms with van der Waals surface area (Å²) in [5.74, 6) is -0.545. The van der Waals surface area contributed by atoms with Crippen LogP contribution in [0.3, 0.4) is 0 Å². The van der Waals surface area contributed by atoms with Crippen LogP contribution in [0, 0.1) is 5.82 Å². The van der Waals surface area contributed by atoms with E-state index >= 15 is 0 Å². The number of nitrogens with one attached hydrogen (secondary N) is 2. The molecule has 1 atom stereocenters. The molecule has 7 heteroatoms. The highest BCUT2D eigenvalue weighted by molar-refractivity contribution is 7.98. The normalized spacial score (nSPS) is 11.8. The maximum absolute atomic E-state index is 13.6. The first-order valence-corrected chi connectivity index (χ1v) is 7.46. The van der Waals surface area contributed by atoms with Crippen molar-refractivity contribution in [3.8, 4) is 0 Å². The van der Waals surface area contributed by atoms with E-state index in [0.29, 0.717) is 12.1 Å². The number of carbonyl (C=O) groups is 2. The molecular formula is C13H18FN3O2S. The fourth-order valence-electron chi connectivity index (χ4n) is 1.50. The maximum atomic E-state index is 13.6. The van der Waals surface area contributed by atoms with E-state index < -0.39 is 17.8 Å². The van der Waals surface area contributed by atoms with Gasteiger partial charge in [0.15, 0.2) is 0 Å². The quantitative estimate of drug-likeness (QED) is 0.748. The largest absolute Gasteiger partial charge is 0.326 e. The molecule has 0 aliphatic rings. The summed E-state index contributed by atoms with van der Waals surface area (Å²) in [6.45, 7) is 1.35. The number of hydrogen-bond acceptors (Lipinski definition) is 4. The highest BCUT2D eigenvalue weighted by Crippen LogP contribution is 2.20. The molecule has 0 saturated heterocycles. The molecule has 0 fully saturated rings. The number of hydrogen-bond donors (Lipinski definition) is 3. The van der Waals surface area contributed by atoms with Crippen LogP contribution in [0.1, 0.15) is 13.3 Å². The SMILES string of the molecule is CSCC[C@H](N)C(=O)Nc1cc(NC(C)=O)ccc1F. The van der Waals surface area contributed by atoms with Crippen LogP contribution in [0.25, 0.3) is 0 Å². The van der Waals surface area contributed by atoms with Gasteiger partial charge in [0.25, 0.3) is 0 Å². The van der Waals surface area contributed by atoms with Crippen molar-refractivity contribution in [2.45, 2.75) is 19.4 Å². The summed E-state index contributed by atoms with van der Waals surface area (Å²) in [6.07, 6.45) is 2.43. The molecule has 4 N–H and O–H groups in total. The molecule has 1 rings (SSSR count). The smallest absolute Gasteiger partial charge is 0.241 e. The predicted molar refractivity (Wildman–Crippen MR) is 80.3 cm³/mol. The summed E-state index contributed by atoms with van der Waals surface area (Å²) in [7, 11) is 0. The molecule has 0 radical (unpaired) electrons. The van der Waals surface area contributed by atoms with Crippen LogP contribution < -0.4 is 16.4 Å². The van der Waals surface area contributed by atoms with E-state index in [0.717, 1.165) is 5.75 Å². The molecular weight excluding hydrogens is 281 g/mol. The molecule has 0 unspecified atom stereocenters. The number of amides is 2. The summed E-state index contributed by atoms with van der Waals surface area (Å²) in [6, 6.07) is 3.26. The summed E-state index contributed by atoms with van der Waals surface area (Å²) >= 11 is 1.58. The van der Waals surface area contributed by atoms with Crippen molar-refractivity contribution >= 4 is 35.0 Å². The van der Waals surface area contributed by atoms with Crippen molar-refractivity contribution in [3.05, 3.63) is 24.0 Å². The lowest BCUT2D eigenvalue weighted by molar-refractivity contribution is -0.117. The van der Waals surface area contributed by atoms with Gasteiger partial charge in [0, 0.05) is 12.6 Å². The third-order valence-corrected chi connectivity index (χ3v) is 3.16. The molecule has 110 valence electrons. The fourth-order valence-corrected chi connectivity index (χ4v) is 1.99. The van der Waals surface area contributed by atoms with Gasteiger partial charge in [-0.3, -0.25) is 9.59 Å². The second kappa shape index (κ2) is 7.86. The highest BCUT2D eigenvalue weighted by Gasteiger charge is 2.15. The van der Waals surface area contributed by atoms with Crippen molar-refractivity contribution in [2.75, 3.05) is 22.6 Å². The van der Waals surface area contributed by atoms with Crippen LogP contribution in [0.2, 0.25) is 0 Å². The molecule has 0 aliphatic carbocycles. The lowest BCUT2D eigenvalue weighted by atomic mass is 10.2. The van der Waals surface area contributed by atoms with Crippen LogP contribution in [0.4, 0.5) is 15.8 Å². The van der Waals surface area contributed by atoms with Gasteiger partial charge in [-0.15, -0.1) is 0 Å². The van der Waals surface area contributed by atoms with Crippen LogP contribution in [0.5, 0.6) is 0 Å². The van der Waals surface area contributed by atoms with Crippen LogP contribution in [-0.2, 0) is 9.59 Å². The van der Waals surface area contributed by atoms with E-state index in [2.05, 4.69) is 10.6 Å². The zero-order chi connectivity index (χ0) is 15.1. The lowest BCUT2D eigenvalue weighted by Gasteiger charge is -2.13. The molecule has 0 bridgehead atoms. The van der Waals surface area contributed by atoms with Gasteiger partial charge in [-0.2, -0.15) is 11.8 Å². The molecule has 1 aromatic carbocycles. The standard InChI is InChI=1S/C13H18FN3O2S/c1-8(18)16-9-3-4-10(14)12(7-9)17-13(19)11(15)5-6-20-2/h3-4,7,11H,5-6,15H2,1-2H3,(H,16,18)(H,17,19)/t11-/m0/s1. The molecule has 0 aromatic heterocycles. The second-order valence-electron chi connectivity index (χ2n) is 4.25. The first-order valence-electron chi connectivity index (χ1n) is 6.06. The van der Waals surface area contributed by atoms with Gasteiger partial charge in [-0.1, -0.05) is 0 Å². The van der Waals surface area contributed by atoms with Crippen LogP contribution in [-0.4, -0.2) is 29.9 Å². The average Bonchev–Trinajstić information content (AvgIpc) is 2.39. The first kappa shape index (κ1) is 16.5. The lowest BCUT2D eigenvalue weighted by Crippen LogP contribution is -2.36. The zero-order valence-corrected chi connectivity index (χ0v) is 12.2. The molecule has 2 amide bonds. The van der Waals surface area contributed by atoms with Crippen molar-refractivity contribution in [3.63, 3.8) is 0 Å². The highest BCUT2D eigenvalue weighted by atomic mass is 32.2. The summed E-state index contributed by atoms with van der Waals surface area (Å²) < 4.78 is 13.6. The molecule has 0 heterocycles. The Morgan fingerprint density at radius 3 is 2.70 bits per heavy atom. The number of thioether (sulfide) groups is 1. The summed E-state index contributed by atoms with van der Waals surface area (Å²) in [5.41, 5.74) is 6.11. The number of carbonyl (C=O) groups excluding carboxylic acids is 2. The maximum Gasteiger partial charge on any atom is 0.241 e. The van der Waals surface area contributed by atoms with E-state index in [-0.39, 0.29) is 11.6 Å². The minimum Gasteiger partial charge on any atom is -0.326 e. The molecule has 1 aromatic rings. The number of rotatable bonds is 6. The van der Waals surface area contributed by atoms with E-state index in [9.17, 15) is 14.0 Å². The number of anilines is 2. The Kier molecular flexibility index (Phi) is 6.47. The molecule has 0 spiro atoms. The fraction of sp³-hybridized carbons (Fsp3) is 0.385. The third kappa shape index (κ3) is 5.18. The Morgan fingerprint density at radius 2 is 2.10 bits per heavy atom. The van der Waals surface area contributed by atoms with Crippen molar-refractivity contribution in [1.82, 2.24) is 0 Å². The minimum absolute atomic E-state index is 0.000788. The third-order valence-electron chi connectivity index (χ3n) is 2.51. The number of halogens is 1. The van der Waals surface area contributed by atoms with Gasteiger partial charge in [0.1, 0.15) is 5.82 Å². The van der Waals surface area contributed by atoms with Gasteiger partial charge in [-0.05, 0) is 36.6 Å². The minimum atomic E-state index is -0.689. The zero-order valence-electron chi connectivity index (χ0n) is 11.4. The Labute approximate surface area is 121 Å². The topological polar surface area (TPSA) is 84.2 Å². The van der Waals surface area contributed by atoms with Gasteiger partial charge in [0.2, 0.25) is 11.8 Å². The Bertz CT molecular complexity index is 497. The van der Waals surface area contributed by atoms with E-state index in [1.54, 1.807) is 11.8 Å². The van der Waals surface area contributed by atoms with Gasteiger partial charge in [-0.25, -0.2) is 4.39 Å². The van der Waals surface area contributed by atoms with Crippen molar-refractivity contribution in [2.24, 2.45) is 5.73 Å². The molecule has 20 heavy (non-hydrogen) atoms. The monoisotopic (exact) mass is 299 g/mol. The van der Waals surface area contributed by atoms with Gasteiger partial charge < -0.3 is 16.4 Å². The first-order chi connectivity index (χ1) is 9.43.